The first-order valence-corrected chi connectivity index (χ1v) is 33.6. The molecule has 0 aromatic rings. The summed E-state index contributed by atoms with van der Waals surface area (Å²) >= 11 is 0. The monoisotopic (exact) mass is 1080 g/mol. The van der Waals surface area contributed by atoms with Crippen LogP contribution in [0.25, 0.3) is 0 Å². The molecule has 0 aliphatic carbocycles. The van der Waals surface area contributed by atoms with Gasteiger partial charge in [0.1, 0.15) is 6.61 Å². The van der Waals surface area contributed by atoms with Crippen LogP contribution < -0.4 is 5.73 Å². The molecule has 0 aliphatic heterocycles. The fraction of sp³-hybridized carbons (Fsp3) is 0.846. The molecule has 0 amide bonds. The second-order valence-corrected chi connectivity index (χ2v) is 23.1. The zero-order chi connectivity index (χ0) is 54.5. The lowest BCUT2D eigenvalue weighted by molar-refractivity contribution is -0.161. The SMILES string of the molecule is CCCCC/C=C\C/C=C\CCCCCCCCCCCC(=O)OCC(COP(=O)(O)OCCN)OC(=O)CCCCCCCCCCCCCCCCCCCCCCCCC/C=C\C/C=C\CCCCCCC. The van der Waals surface area contributed by atoms with E-state index >= 15 is 0 Å². The number of ether oxygens (including phenoxy) is 2. The molecule has 0 aliphatic rings. The van der Waals surface area contributed by atoms with Crippen LogP contribution in [0.15, 0.2) is 48.6 Å². The van der Waals surface area contributed by atoms with Crippen LogP contribution >= 0.6 is 7.82 Å². The Bertz CT molecular complexity index is 1370. The van der Waals surface area contributed by atoms with E-state index in [2.05, 4.69) is 62.5 Å². The Balaban J connectivity index is 3.83. The van der Waals surface area contributed by atoms with E-state index < -0.39 is 26.5 Å². The zero-order valence-electron chi connectivity index (χ0n) is 49.3. The number of allylic oxidation sites excluding steroid dienone is 8. The number of hydrogen-bond acceptors (Lipinski definition) is 8. The van der Waals surface area contributed by atoms with Gasteiger partial charge in [-0.3, -0.25) is 18.6 Å². The topological polar surface area (TPSA) is 134 Å². The maximum Gasteiger partial charge on any atom is 0.472 e. The van der Waals surface area contributed by atoms with E-state index in [4.69, 9.17) is 24.3 Å². The molecular weight excluding hydrogens is 954 g/mol. The van der Waals surface area contributed by atoms with Crippen molar-refractivity contribution in [2.75, 3.05) is 26.4 Å². The molecule has 0 bridgehead atoms. The smallest absolute Gasteiger partial charge is 0.462 e. The van der Waals surface area contributed by atoms with Gasteiger partial charge in [0.15, 0.2) is 6.10 Å². The fourth-order valence-corrected chi connectivity index (χ4v) is 10.2. The maximum atomic E-state index is 12.7. The second-order valence-electron chi connectivity index (χ2n) is 21.6. The minimum atomic E-state index is -4.39. The van der Waals surface area contributed by atoms with E-state index in [0.717, 1.165) is 44.9 Å². The Morgan fingerprint density at radius 2 is 0.693 bits per heavy atom. The van der Waals surface area contributed by atoms with Gasteiger partial charge in [0.2, 0.25) is 0 Å². The fourth-order valence-electron chi connectivity index (χ4n) is 9.41. The number of carbonyl (C=O) groups is 2. The van der Waals surface area contributed by atoms with Crippen molar-refractivity contribution < 1.29 is 37.6 Å². The van der Waals surface area contributed by atoms with Crippen molar-refractivity contribution in [1.82, 2.24) is 0 Å². The summed E-state index contributed by atoms with van der Waals surface area (Å²) in [6.07, 6.45) is 76.2. The summed E-state index contributed by atoms with van der Waals surface area (Å²) in [5.74, 6) is -0.818. The highest BCUT2D eigenvalue weighted by molar-refractivity contribution is 7.47. The van der Waals surface area contributed by atoms with Crippen LogP contribution in [-0.2, 0) is 32.7 Å². The number of rotatable bonds is 61. The summed E-state index contributed by atoms with van der Waals surface area (Å²) in [5.41, 5.74) is 5.39. The Labute approximate surface area is 464 Å². The first-order valence-electron chi connectivity index (χ1n) is 32.1. The quantitative estimate of drug-likeness (QED) is 0.0264. The lowest BCUT2D eigenvalue weighted by atomic mass is 10.0. The van der Waals surface area contributed by atoms with Crippen molar-refractivity contribution in [2.45, 2.75) is 328 Å². The van der Waals surface area contributed by atoms with E-state index in [1.807, 2.05) is 0 Å². The van der Waals surface area contributed by atoms with Crippen LogP contribution in [0.1, 0.15) is 322 Å². The van der Waals surface area contributed by atoms with Crippen LogP contribution in [-0.4, -0.2) is 49.3 Å². The molecule has 9 nitrogen and oxygen atoms in total. The Morgan fingerprint density at radius 3 is 1.04 bits per heavy atom. The third-order valence-electron chi connectivity index (χ3n) is 14.2. The number of unbranched alkanes of at least 4 members (excludes halogenated alkanes) is 40. The van der Waals surface area contributed by atoms with E-state index in [0.29, 0.717) is 6.42 Å². The molecule has 0 fully saturated rings. The molecular formula is C65H122NO8P. The van der Waals surface area contributed by atoms with Gasteiger partial charge in [-0.15, -0.1) is 0 Å². The van der Waals surface area contributed by atoms with Crippen molar-refractivity contribution in [3.05, 3.63) is 48.6 Å². The van der Waals surface area contributed by atoms with Crippen LogP contribution in [0.2, 0.25) is 0 Å². The van der Waals surface area contributed by atoms with Crippen molar-refractivity contribution in [3.8, 4) is 0 Å². The first kappa shape index (κ1) is 73.0. The van der Waals surface area contributed by atoms with E-state index in [9.17, 15) is 19.0 Å². The van der Waals surface area contributed by atoms with Gasteiger partial charge in [-0.1, -0.05) is 281 Å². The summed E-state index contributed by atoms with van der Waals surface area (Å²) in [6.45, 7) is 3.75. The van der Waals surface area contributed by atoms with Crippen molar-refractivity contribution in [2.24, 2.45) is 5.73 Å². The molecule has 0 rings (SSSR count). The molecule has 440 valence electrons. The lowest BCUT2D eigenvalue weighted by Gasteiger charge is -2.19. The molecule has 0 saturated carbocycles. The minimum Gasteiger partial charge on any atom is -0.462 e. The number of nitrogens with two attached hydrogens (primary N) is 1. The van der Waals surface area contributed by atoms with Crippen molar-refractivity contribution in [3.63, 3.8) is 0 Å². The van der Waals surface area contributed by atoms with Crippen LogP contribution in [0.3, 0.4) is 0 Å². The number of hydrogen-bond donors (Lipinski definition) is 2. The largest absolute Gasteiger partial charge is 0.472 e. The summed E-state index contributed by atoms with van der Waals surface area (Å²) < 4.78 is 33.1. The number of carbonyl (C=O) groups excluding carboxylic acids is 2. The van der Waals surface area contributed by atoms with Crippen LogP contribution in [0.5, 0.6) is 0 Å². The Hall–Kier alpha value is -2.03. The molecule has 0 aromatic heterocycles. The van der Waals surface area contributed by atoms with Gasteiger partial charge < -0.3 is 20.1 Å². The Morgan fingerprint density at radius 1 is 0.400 bits per heavy atom. The summed E-state index contributed by atoms with van der Waals surface area (Å²) in [6, 6.07) is 0. The zero-order valence-corrected chi connectivity index (χ0v) is 50.2. The molecule has 0 aromatic carbocycles. The Kier molecular flexibility index (Phi) is 59.5. The van der Waals surface area contributed by atoms with Gasteiger partial charge in [0.25, 0.3) is 0 Å². The minimum absolute atomic E-state index is 0.0537. The maximum absolute atomic E-state index is 12.7. The molecule has 2 unspecified atom stereocenters. The van der Waals surface area contributed by atoms with Gasteiger partial charge in [-0.25, -0.2) is 4.57 Å². The molecule has 75 heavy (non-hydrogen) atoms. The average molecular weight is 1080 g/mol. The predicted octanol–water partition coefficient (Wildman–Crippen LogP) is 20.5. The molecule has 0 heterocycles. The standard InChI is InChI=1S/C65H122NO8P/c1-3-5-7-9-11-13-15-17-19-21-23-24-25-26-27-28-29-30-31-32-33-34-35-36-37-38-40-42-44-46-48-50-52-54-56-58-65(68)74-63(62-73-75(69,70)72-60-59-66)61-71-64(67)57-55-53-51-49-47-45-43-41-39-22-20-18-16-14-12-10-8-6-4-2/h12,14-15,17-18,20-21,23,63H,3-11,13,16,19,22,24-62,66H2,1-2H3,(H,69,70)/b14-12-,17-15-,20-18-,23-21-. The first-order chi connectivity index (χ1) is 36.8. The summed E-state index contributed by atoms with van der Waals surface area (Å²) in [4.78, 5) is 35.2. The molecule has 3 N–H and O–H groups in total. The molecule has 2 atom stereocenters. The van der Waals surface area contributed by atoms with E-state index in [-0.39, 0.29) is 38.6 Å². The van der Waals surface area contributed by atoms with Crippen molar-refractivity contribution in [1.29, 1.82) is 0 Å². The van der Waals surface area contributed by atoms with Crippen LogP contribution in [0, 0.1) is 0 Å². The van der Waals surface area contributed by atoms with Gasteiger partial charge in [-0.05, 0) is 77.0 Å². The normalized spacial score (nSPS) is 13.3. The number of esters is 2. The molecule has 0 saturated heterocycles. The predicted molar refractivity (Wildman–Crippen MR) is 321 cm³/mol. The van der Waals surface area contributed by atoms with Gasteiger partial charge >= 0.3 is 19.8 Å². The van der Waals surface area contributed by atoms with Crippen molar-refractivity contribution >= 4 is 19.8 Å². The summed E-state index contributed by atoms with van der Waals surface area (Å²) in [5, 5.41) is 0. The second kappa shape index (κ2) is 61.2. The molecule has 0 radical (unpaired) electrons. The molecule has 10 heteroatoms. The number of phosphoric acid groups is 1. The third kappa shape index (κ3) is 61.1. The van der Waals surface area contributed by atoms with E-state index in [1.165, 1.54) is 244 Å². The highest BCUT2D eigenvalue weighted by Crippen LogP contribution is 2.43. The third-order valence-corrected chi connectivity index (χ3v) is 15.2. The van der Waals surface area contributed by atoms with E-state index in [1.54, 1.807) is 0 Å². The van der Waals surface area contributed by atoms with Crippen LogP contribution in [0.4, 0.5) is 0 Å². The number of phosphoric ester groups is 1. The summed E-state index contributed by atoms with van der Waals surface area (Å²) in [7, 11) is -4.39. The van der Waals surface area contributed by atoms with Gasteiger partial charge in [0, 0.05) is 19.4 Å². The highest BCUT2D eigenvalue weighted by Gasteiger charge is 2.26. The highest BCUT2D eigenvalue weighted by atomic mass is 31.2. The van der Waals surface area contributed by atoms with Gasteiger partial charge in [0.05, 0.1) is 13.2 Å². The molecule has 0 spiro atoms. The lowest BCUT2D eigenvalue weighted by Crippen LogP contribution is -2.29. The average Bonchev–Trinajstić information content (AvgIpc) is 3.40. The van der Waals surface area contributed by atoms with Gasteiger partial charge in [-0.2, -0.15) is 0 Å².